The van der Waals surface area contributed by atoms with Crippen LogP contribution in [0.2, 0.25) is 0 Å². The Hall–Kier alpha value is -2.50. The second kappa shape index (κ2) is 10.6. The standard InChI is InChI=1S/C22H29N3O2/c1-4-25(5-2)15-14-23-21(18-10-7-6-8-11-18)22(27)24-20-13-9-12-19(16-20)17(3)26/h6-13,16,21,23H,4-5,14-15H2,1-3H3,(H,24,27). The highest BCUT2D eigenvalue weighted by atomic mass is 16.2. The van der Waals surface area contributed by atoms with Crippen LogP contribution in [0.15, 0.2) is 54.6 Å². The van der Waals surface area contributed by atoms with E-state index in [9.17, 15) is 9.59 Å². The van der Waals surface area contributed by atoms with Gasteiger partial charge in [-0.05, 0) is 37.7 Å². The molecular formula is C22H29N3O2. The summed E-state index contributed by atoms with van der Waals surface area (Å²) in [6, 6.07) is 16.2. The third-order valence-electron chi connectivity index (χ3n) is 4.60. The SMILES string of the molecule is CCN(CC)CCNC(C(=O)Nc1cccc(C(C)=O)c1)c1ccccc1. The number of Topliss-reactive ketones (excluding diaryl/α,β-unsaturated/α-hetero) is 1. The molecule has 1 atom stereocenters. The van der Waals surface area contributed by atoms with Gasteiger partial charge in [-0.25, -0.2) is 0 Å². The van der Waals surface area contributed by atoms with Crippen molar-refractivity contribution >= 4 is 17.4 Å². The third-order valence-corrected chi connectivity index (χ3v) is 4.60. The Bertz CT molecular complexity index is 742. The number of nitrogens with zero attached hydrogens (tertiary/aromatic N) is 1. The lowest BCUT2D eigenvalue weighted by atomic mass is 10.1. The fourth-order valence-corrected chi connectivity index (χ4v) is 2.94. The molecular weight excluding hydrogens is 338 g/mol. The molecule has 2 aromatic rings. The Morgan fingerprint density at radius 3 is 2.33 bits per heavy atom. The molecule has 2 aromatic carbocycles. The molecule has 0 aliphatic carbocycles. The van der Waals surface area contributed by atoms with Gasteiger partial charge in [0.25, 0.3) is 0 Å². The van der Waals surface area contributed by atoms with Gasteiger partial charge in [0.1, 0.15) is 6.04 Å². The van der Waals surface area contributed by atoms with E-state index in [4.69, 9.17) is 0 Å². The fraction of sp³-hybridized carbons (Fsp3) is 0.364. The summed E-state index contributed by atoms with van der Waals surface area (Å²) in [5, 5.41) is 6.31. The van der Waals surface area contributed by atoms with Gasteiger partial charge in [-0.3, -0.25) is 9.59 Å². The second-order valence-electron chi connectivity index (χ2n) is 6.45. The van der Waals surface area contributed by atoms with E-state index in [1.54, 1.807) is 24.3 Å². The molecule has 0 bridgehead atoms. The maximum Gasteiger partial charge on any atom is 0.246 e. The molecule has 0 aromatic heterocycles. The van der Waals surface area contributed by atoms with Crippen molar-refractivity contribution in [3.63, 3.8) is 0 Å². The van der Waals surface area contributed by atoms with E-state index in [0.29, 0.717) is 17.8 Å². The number of carbonyl (C=O) groups is 2. The van der Waals surface area contributed by atoms with E-state index >= 15 is 0 Å². The number of hydrogen-bond donors (Lipinski definition) is 2. The van der Waals surface area contributed by atoms with Gasteiger partial charge in [-0.2, -0.15) is 0 Å². The van der Waals surface area contributed by atoms with E-state index < -0.39 is 6.04 Å². The predicted octanol–water partition coefficient (Wildman–Crippen LogP) is 3.50. The molecule has 5 nitrogen and oxygen atoms in total. The molecule has 0 saturated heterocycles. The minimum Gasteiger partial charge on any atom is -0.324 e. The summed E-state index contributed by atoms with van der Waals surface area (Å²) < 4.78 is 0. The molecule has 0 radical (unpaired) electrons. The van der Waals surface area contributed by atoms with Crippen LogP contribution in [0, 0.1) is 0 Å². The molecule has 0 saturated carbocycles. The first-order valence-electron chi connectivity index (χ1n) is 9.47. The minimum atomic E-state index is -0.456. The lowest BCUT2D eigenvalue weighted by molar-refractivity contribution is -0.118. The van der Waals surface area contributed by atoms with Crippen LogP contribution >= 0.6 is 0 Å². The molecule has 0 heterocycles. The Morgan fingerprint density at radius 1 is 1.00 bits per heavy atom. The summed E-state index contributed by atoms with van der Waals surface area (Å²) in [5.41, 5.74) is 2.12. The second-order valence-corrected chi connectivity index (χ2v) is 6.45. The van der Waals surface area contributed by atoms with Gasteiger partial charge in [0.15, 0.2) is 5.78 Å². The third kappa shape index (κ3) is 6.31. The summed E-state index contributed by atoms with van der Waals surface area (Å²) >= 11 is 0. The number of benzene rings is 2. The number of hydrogen-bond acceptors (Lipinski definition) is 4. The largest absolute Gasteiger partial charge is 0.324 e. The number of rotatable bonds is 10. The molecule has 2 rings (SSSR count). The van der Waals surface area contributed by atoms with Crippen molar-refractivity contribution in [2.24, 2.45) is 0 Å². The van der Waals surface area contributed by atoms with E-state index in [-0.39, 0.29) is 11.7 Å². The minimum absolute atomic E-state index is 0.0249. The number of carbonyl (C=O) groups excluding carboxylic acids is 2. The zero-order chi connectivity index (χ0) is 19.6. The molecule has 0 aliphatic heterocycles. The lowest BCUT2D eigenvalue weighted by Crippen LogP contribution is -2.38. The van der Waals surface area contributed by atoms with Gasteiger partial charge in [-0.15, -0.1) is 0 Å². The smallest absolute Gasteiger partial charge is 0.246 e. The highest BCUT2D eigenvalue weighted by Crippen LogP contribution is 2.17. The Balaban J connectivity index is 2.11. The van der Waals surface area contributed by atoms with Crippen LogP contribution < -0.4 is 10.6 Å². The summed E-state index contributed by atoms with van der Waals surface area (Å²) in [4.78, 5) is 26.8. The Morgan fingerprint density at radius 2 is 1.70 bits per heavy atom. The van der Waals surface area contributed by atoms with Crippen molar-refractivity contribution in [2.75, 3.05) is 31.5 Å². The quantitative estimate of drug-likeness (QED) is 0.631. The van der Waals surface area contributed by atoms with Gasteiger partial charge in [0, 0.05) is 24.3 Å². The predicted molar refractivity (Wildman–Crippen MR) is 110 cm³/mol. The highest BCUT2D eigenvalue weighted by molar-refractivity contribution is 5.98. The maximum absolute atomic E-state index is 12.9. The number of likely N-dealkylation sites (N-methyl/N-ethyl adjacent to an activating group) is 1. The van der Waals surface area contributed by atoms with Gasteiger partial charge in [0.05, 0.1) is 0 Å². The molecule has 5 heteroatoms. The fourth-order valence-electron chi connectivity index (χ4n) is 2.94. The van der Waals surface area contributed by atoms with Gasteiger partial charge < -0.3 is 15.5 Å². The van der Waals surface area contributed by atoms with E-state index in [1.165, 1.54) is 6.92 Å². The molecule has 0 fully saturated rings. The Kier molecular flexibility index (Phi) is 8.17. The van der Waals surface area contributed by atoms with Crippen molar-refractivity contribution in [1.29, 1.82) is 0 Å². The van der Waals surface area contributed by atoms with Crippen LogP contribution in [-0.4, -0.2) is 42.8 Å². The zero-order valence-electron chi connectivity index (χ0n) is 16.4. The van der Waals surface area contributed by atoms with Crippen molar-refractivity contribution in [2.45, 2.75) is 26.8 Å². The highest BCUT2D eigenvalue weighted by Gasteiger charge is 2.20. The molecule has 1 amide bonds. The van der Waals surface area contributed by atoms with Gasteiger partial charge >= 0.3 is 0 Å². The molecule has 1 unspecified atom stereocenters. The average molecular weight is 367 g/mol. The number of nitrogens with one attached hydrogen (secondary N) is 2. The van der Waals surface area contributed by atoms with Gasteiger partial charge in [0.2, 0.25) is 5.91 Å². The molecule has 144 valence electrons. The number of ketones is 1. The Labute approximate surface area is 161 Å². The molecule has 0 aliphatic rings. The molecule has 0 spiro atoms. The first kappa shape index (κ1) is 20.8. The van der Waals surface area contributed by atoms with Crippen LogP contribution in [0.5, 0.6) is 0 Å². The van der Waals surface area contributed by atoms with Crippen LogP contribution in [0.4, 0.5) is 5.69 Å². The first-order valence-corrected chi connectivity index (χ1v) is 9.47. The summed E-state index contributed by atoms with van der Waals surface area (Å²) in [6.45, 7) is 9.34. The van der Waals surface area contributed by atoms with Gasteiger partial charge in [-0.1, -0.05) is 56.3 Å². The van der Waals surface area contributed by atoms with E-state index in [2.05, 4.69) is 29.4 Å². The molecule has 2 N–H and O–H groups in total. The number of amides is 1. The van der Waals surface area contributed by atoms with Crippen molar-refractivity contribution < 1.29 is 9.59 Å². The van der Waals surface area contributed by atoms with Crippen LogP contribution in [0.25, 0.3) is 0 Å². The van der Waals surface area contributed by atoms with Crippen molar-refractivity contribution in [1.82, 2.24) is 10.2 Å². The van der Waals surface area contributed by atoms with Crippen LogP contribution in [0.1, 0.15) is 42.7 Å². The monoisotopic (exact) mass is 367 g/mol. The zero-order valence-corrected chi connectivity index (χ0v) is 16.4. The van der Waals surface area contributed by atoms with Crippen LogP contribution in [-0.2, 0) is 4.79 Å². The maximum atomic E-state index is 12.9. The normalized spacial score (nSPS) is 12.0. The van der Waals surface area contributed by atoms with Crippen molar-refractivity contribution in [3.8, 4) is 0 Å². The average Bonchev–Trinajstić information content (AvgIpc) is 2.69. The molecule has 27 heavy (non-hydrogen) atoms. The van der Waals surface area contributed by atoms with Crippen molar-refractivity contribution in [3.05, 3.63) is 65.7 Å². The summed E-state index contributed by atoms with van der Waals surface area (Å²) in [5.74, 6) is -0.162. The topological polar surface area (TPSA) is 61.4 Å². The van der Waals surface area contributed by atoms with E-state index in [0.717, 1.165) is 25.2 Å². The van der Waals surface area contributed by atoms with Crippen LogP contribution in [0.3, 0.4) is 0 Å². The first-order chi connectivity index (χ1) is 13.0. The summed E-state index contributed by atoms with van der Waals surface area (Å²) in [7, 11) is 0. The lowest BCUT2D eigenvalue weighted by Gasteiger charge is -2.22. The summed E-state index contributed by atoms with van der Waals surface area (Å²) in [6.07, 6.45) is 0. The number of anilines is 1. The van der Waals surface area contributed by atoms with E-state index in [1.807, 2.05) is 30.3 Å².